The molecule has 0 atom stereocenters. The van der Waals surface area contributed by atoms with E-state index >= 15 is 0 Å². The number of ketones is 3. The van der Waals surface area contributed by atoms with E-state index in [-0.39, 0.29) is 22.8 Å². The minimum absolute atomic E-state index is 0.163. The summed E-state index contributed by atoms with van der Waals surface area (Å²) in [5, 5.41) is 0. The minimum Gasteiger partial charge on any atom is -0.298 e. The number of carbonyl (C=O) groups is 3. The summed E-state index contributed by atoms with van der Waals surface area (Å²) in [5.74, 6) is -1.45. The summed E-state index contributed by atoms with van der Waals surface area (Å²) >= 11 is 0. The second-order valence-electron chi connectivity index (χ2n) is 5.81. The van der Waals surface area contributed by atoms with E-state index in [1.807, 2.05) is 13.8 Å². The molecule has 96 valence electrons. The number of carbonyl (C=O) groups excluding carboxylic acids is 3. The Morgan fingerprint density at radius 2 is 1.71 bits per heavy atom. The molecule has 1 aliphatic rings. The van der Waals surface area contributed by atoms with Crippen LogP contribution in [0.15, 0.2) is 0 Å². The quantitative estimate of drug-likeness (QED) is 0.546. The summed E-state index contributed by atoms with van der Waals surface area (Å²) in [6.07, 6.45) is 3.87. The van der Waals surface area contributed by atoms with Gasteiger partial charge >= 0.3 is 0 Å². The highest BCUT2D eigenvalue weighted by atomic mass is 16.2. The first-order valence-corrected chi connectivity index (χ1v) is 6.45. The van der Waals surface area contributed by atoms with E-state index in [1.54, 1.807) is 0 Å². The molecular weight excluding hydrogens is 216 g/mol. The highest BCUT2D eigenvalue weighted by Crippen LogP contribution is 2.34. The van der Waals surface area contributed by atoms with Crippen molar-refractivity contribution in [3.63, 3.8) is 0 Å². The molecule has 1 aliphatic carbocycles. The van der Waals surface area contributed by atoms with Crippen LogP contribution in [0.4, 0.5) is 0 Å². The van der Waals surface area contributed by atoms with Crippen LogP contribution < -0.4 is 0 Å². The molecular formula is C14H22O3. The molecule has 3 heteroatoms. The van der Waals surface area contributed by atoms with Crippen molar-refractivity contribution in [2.45, 2.75) is 59.3 Å². The molecule has 0 heterocycles. The van der Waals surface area contributed by atoms with Crippen molar-refractivity contribution in [3.05, 3.63) is 0 Å². The fourth-order valence-electron chi connectivity index (χ4n) is 2.44. The monoisotopic (exact) mass is 238 g/mol. The zero-order valence-corrected chi connectivity index (χ0v) is 11.0. The molecule has 0 aromatic heterocycles. The summed E-state index contributed by atoms with van der Waals surface area (Å²) in [6.45, 7) is 5.87. The number of rotatable bonds is 5. The summed E-state index contributed by atoms with van der Waals surface area (Å²) < 4.78 is 0. The standard InChI is InChI=1S/C14H22O3/c1-4-5-6-7-10(15)13-11(16)8-14(2,3)9-12(13)17/h13H,4-9H2,1-3H3. The summed E-state index contributed by atoms with van der Waals surface area (Å²) in [6, 6.07) is 0. The number of hydrogen-bond acceptors (Lipinski definition) is 3. The lowest BCUT2D eigenvalue weighted by molar-refractivity contribution is -0.145. The highest BCUT2D eigenvalue weighted by molar-refractivity contribution is 6.20. The molecule has 0 radical (unpaired) electrons. The van der Waals surface area contributed by atoms with Crippen LogP contribution >= 0.6 is 0 Å². The Morgan fingerprint density at radius 3 is 2.18 bits per heavy atom. The van der Waals surface area contributed by atoms with Crippen molar-refractivity contribution >= 4 is 17.3 Å². The molecule has 0 aromatic carbocycles. The predicted molar refractivity (Wildman–Crippen MR) is 65.7 cm³/mol. The van der Waals surface area contributed by atoms with Crippen molar-refractivity contribution in [3.8, 4) is 0 Å². The Labute approximate surface area is 103 Å². The average Bonchev–Trinajstić information content (AvgIpc) is 2.14. The Kier molecular flexibility index (Phi) is 4.61. The van der Waals surface area contributed by atoms with Gasteiger partial charge in [-0.25, -0.2) is 0 Å². The lowest BCUT2D eigenvalue weighted by Crippen LogP contribution is -2.41. The van der Waals surface area contributed by atoms with Gasteiger partial charge in [0.1, 0.15) is 5.92 Å². The van der Waals surface area contributed by atoms with E-state index in [1.165, 1.54) is 0 Å². The van der Waals surface area contributed by atoms with Gasteiger partial charge in [0.2, 0.25) is 0 Å². The SMILES string of the molecule is CCCCCC(=O)C1C(=O)CC(C)(C)CC1=O. The van der Waals surface area contributed by atoms with Gasteiger partial charge in [0.05, 0.1) is 0 Å². The van der Waals surface area contributed by atoms with Crippen LogP contribution in [0.1, 0.15) is 59.3 Å². The molecule has 0 unspecified atom stereocenters. The zero-order chi connectivity index (χ0) is 13.1. The second kappa shape index (κ2) is 5.56. The molecule has 0 amide bonds. The van der Waals surface area contributed by atoms with Crippen molar-refractivity contribution < 1.29 is 14.4 Å². The fraction of sp³-hybridized carbons (Fsp3) is 0.786. The van der Waals surface area contributed by atoms with Crippen LogP contribution in [0.2, 0.25) is 0 Å². The smallest absolute Gasteiger partial charge is 0.151 e. The van der Waals surface area contributed by atoms with E-state index in [2.05, 4.69) is 6.92 Å². The van der Waals surface area contributed by atoms with Crippen LogP contribution in [0.25, 0.3) is 0 Å². The van der Waals surface area contributed by atoms with Gasteiger partial charge in [0.25, 0.3) is 0 Å². The van der Waals surface area contributed by atoms with Crippen LogP contribution in [0.5, 0.6) is 0 Å². The van der Waals surface area contributed by atoms with E-state index in [0.29, 0.717) is 19.3 Å². The topological polar surface area (TPSA) is 51.2 Å². The van der Waals surface area contributed by atoms with Crippen molar-refractivity contribution in [1.29, 1.82) is 0 Å². The van der Waals surface area contributed by atoms with Gasteiger partial charge in [-0.05, 0) is 11.8 Å². The van der Waals surface area contributed by atoms with E-state index in [9.17, 15) is 14.4 Å². The largest absolute Gasteiger partial charge is 0.298 e. The molecule has 3 nitrogen and oxygen atoms in total. The Morgan fingerprint density at radius 1 is 1.18 bits per heavy atom. The van der Waals surface area contributed by atoms with Gasteiger partial charge in [-0.15, -0.1) is 0 Å². The third-order valence-corrected chi connectivity index (χ3v) is 3.30. The van der Waals surface area contributed by atoms with Gasteiger partial charge in [-0.1, -0.05) is 33.6 Å². The van der Waals surface area contributed by atoms with Gasteiger partial charge in [-0.2, -0.15) is 0 Å². The highest BCUT2D eigenvalue weighted by Gasteiger charge is 2.42. The first-order valence-electron chi connectivity index (χ1n) is 6.45. The van der Waals surface area contributed by atoms with Crippen LogP contribution in [0.3, 0.4) is 0 Å². The number of Topliss-reactive ketones (excluding diaryl/α,β-unsaturated/α-hetero) is 3. The Bertz CT molecular complexity index is 308. The molecule has 1 rings (SSSR count). The van der Waals surface area contributed by atoms with Crippen molar-refractivity contribution in [2.75, 3.05) is 0 Å². The summed E-state index contributed by atoms with van der Waals surface area (Å²) in [5.41, 5.74) is -0.269. The zero-order valence-electron chi connectivity index (χ0n) is 11.0. The van der Waals surface area contributed by atoms with Crippen molar-refractivity contribution in [1.82, 2.24) is 0 Å². The fourth-order valence-corrected chi connectivity index (χ4v) is 2.44. The molecule has 0 saturated heterocycles. The minimum atomic E-state index is -0.945. The lowest BCUT2D eigenvalue weighted by Gasteiger charge is -2.31. The molecule has 1 fully saturated rings. The maximum absolute atomic E-state index is 11.9. The van der Waals surface area contributed by atoms with Gasteiger partial charge in [-0.3, -0.25) is 14.4 Å². The second-order valence-corrected chi connectivity index (χ2v) is 5.81. The number of unbranched alkanes of at least 4 members (excludes halogenated alkanes) is 2. The van der Waals surface area contributed by atoms with Gasteiger partial charge in [0, 0.05) is 19.3 Å². The predicted octanol–water partition coefficient (Wildman–Crippen LogP) is 2.71. The van der Waals surface area contributed by atoms with E-state index in [0.717, 1.165) is 19.3 Å². The third kappa shape index (κ3) is 3.76. The normalized spacial score (nSPS) is 20.6. The first-order chi connectivity index (χ1) is 7.87. The van der Waals surface area contributed by atoms with Crippen LogP contribution in [-0.4, -0.2) is 17.3 Å². The summed E-state index contributed by atoms with van der Waals surface area (Å²) in [4.78, 5) is 35.6. The van der Waals surface area contributed by atoms with Crippen LogP contribution in [0, 0.1) is 11.3 Å². The Balaban J connectivity index is 2.62. The maximum atomic E-state index is 11.9. The molecule has 0 aromatic rings. The van der Waals surface area contributed by atoms with Gasteiger partial charge < -0.3 is 0 Å². The average molecular weight is 238 g/mol. The molecule has 0 aliphatic heterocycles. The molecule has 1 saturated carbocycles. The first kappa shape index (κ1) is 14.1. The Hall–Kier alpha value is -0.990. The third-order valence-electron chi connectivity index (χ3n) is 3.30. The summed E-state index contributed by atoms with van der Waals surface area (Å²) in [7, 11) is 0. The maximum Gasteiger partial charge on any atom is 0.151 e. The van der Waals surface area contributed by atoms with E-state index in [4.69, 9.17) is 0 Å². The van der Waals surface area contributed by atoms with Crippen LogP contribution in [-0.2, 0) is 14.4 Å². The molecule has 0 spiro atoms. The van der Waals surface area contributed by atoms with Crippen molar-refractivity contribution in [2.24, 2.45) is 11.3 Å². The molecule has 0 N–H and O–H groups in total. The van der Waals surface area contributed by atoms with E-state index < -0.39 is 5.92 Å². The molecule has 0 bridgehead atoms. The number of hydrogen-bond donors (Lipinski definition) is 0. The van der Waals surface area contributed by atoms with Gasteiger partial charge in [0.15, 0.2) is 17.3 Å². The molecule has 17 heavy (non-hydrogen) atoms. The lowest BCUT2D eigenvalue weighted by atomic mass is 9.70.